The lowest BCUT2D eigenvalue weighted by Crippen LogP contribution is -2.34. The van der Waals surface area contributed by atoms with Crippen LogP contribution in [0.4, 0.5) is 24.5 Å². The van der Waals surface area contributed by atoms with Crippen LogP contribution in [0.1, 0.15) is 22.8 Å². The number of anilines is 1. The Kier molecular flexibility index (Phi) is 6.52. The number of amides is 1. The molecule has 0 unspecified atom stereocenters. The number of carbonyl (C=O) groups is 1. The fraction of sp³-hybridized carbons (Fsp3) is 0.176. The molecule has 0 atom stereocenters. The Morgan fingerprint density at radius 1 is 1.25 bits per heavy atom. The third kappa shape index (κ3) is 5.16. The van der Waals surface area contributed by atoms with Crippen LogP contribution >= 0.6 is 12.2 Å². The molecule has 2 rings (SSSR count). The highest BCUT2D eigenvalue weighted by atomic mass is 32.1. The molecule has 0 spiro atoms. The van der Waals surface area contributed by atoms with E-state index in [1.165, 1.54) is 24.3 Å². The summed E-state index contributed by atoms with van der Waals surface area (Å²) in [6.45, 7) is 1.84. The van der Waals surface area contributed by atoms with Crippen molar-refractivity contribution in [2.75, 3.05) is 11.9 Å². The van der Waals surface area contributed by atoms with Crippen molar-refractivity contribution in [3.63, 3.8) is 0 Å². The summed E-state index contributed by atoms with van der Waals surface area (Å²) in [6, 6.07) is 8.14. The molecular formula is C17H14F3N3O4S. The molecule has 2 N–H and O–H groups in total. The van der Waals surface area contributed by atoms with Crippen LogP contribution in [0, 0.1) is 10.1 Å². The van der Waals surface area contributed by atoms with Gasteiger partial charge in [-0.3, -0.25) is 20.2 Å². The van der Waals surface area contributed by atoms with Gasteiger partial charge in [0.05, 0.1) is 22.8 Å². The molecule has 0 radical (unpaired) electrons. The highest BCUT2D eigenvalue weighted by molar-refractivity contribution is 7.80. The fourth-order valence-electron chi connectivity index (χ4n) is 2.25. The van der Waals surface area contributed by atoms with Gasteiger partial charge in [-0.05, 0) is 43.4 Å². The average molecular weight is 413 g/mol. The van der Waals surface area contributed by atoms with E-state index in [4.69, 9.17) is 17.0 Å². The molecule has 0 aliphatic rings. The smallest absolute Gasteiger partial charge is 0.418 e. The third-order valence-electron chi connectivity index (χ3n) is 3.43. The Bertz CT molecular complexity index is 919. The molecule has 7 nitrogen and oxygen atoms in total. The summed E-state index contributed by atoms with van der Waals surface area (Å²) in [5.41, 5.74) is -1.82. The molecule has 0 fully saturated rings. The maximum Gasteiger partial charge on any atom is 0.418 e. The lowest BCUT2D eigenvalue weighted by atomic mass is 10.1. The van der Waals surface area contributed by atoms with Crippen molar-refractivity contribution in [1.82, 2.24) is 5.32 Å². The number of para-hydroxylation sites is 1. The maximum absolute atomic E-state index is 13.0. The molecule has 2 aromatic carbocycles. The Morgan fingerprint density at radius 3 is 2.54 bits per heavy atom. The quantitative estimate of drug-likeness (QED) is 0.435. The normalized spacial score (nSPS) is 10.9. The lowest BCUT2D eigenvalue weighted by Gasteiger charge is -2.15. The molecule has 0 saturated heterocycles. The number of alkyl halides is 3. The van der Waals surface area contributed by atoms with Crippen molar-refractivity contribution in [1.29, 1.82) is 0 Å². The third-order valence-corrected chi connectivity index (χ3v) is 3.63. The van der Waals surface area contributed by atoms with E-state index < -0.39 is 33.4 Å². The largest absolute Gasteiger partial charge is 0.487 e. The Balaban J connectivity index is 2.17. The van der Waals surface area contributed by atoms with Crippen molar-refractivity contribution in [3.8, 4) is 5.75 Å². The monoisotopic (exact) mass is 413 g/mol. The number of nitrogens with zero attached hydrogens (tertiary/aromatic N) is 1. The van der Waals surface area contributed by atoms with Gasteiger partial charge in [0.2, 0.25) is 0 Å². The topological polar surface area (TPSA) is 93.5 Å². The summed E-state index contributed by atoms with van der Waals surface area (Å²) in [6.07, 6.45) is -4.61. The van der Waals surface area contributed by atoms with E-state index in [-0.39, 0.29) is 23.6 Å². The Hall–Kier alpha value is -3.21. The molecule has 0 aromatic heterocycles. The van der Waals surface area contributed by atoms with Crippen molar-refractivity contribution in [2.45, 2.75) is 13.1 Å². The molecule has 0 heterocycles. The summed E-state index contributed by atoms with van der Waals surface area (Å²) in [4.78, 5) is 22.7. The molecule has 148 valence electrons. The van der Waals surface area contributed by atoms with Gasteiger partial charge < -0.3 is 10.1 Å². The second-order valence-corrected chi connectivity index (χ2v) is 5.73. The van der Waals surface area contributed by atoms with Crippen LogP contribution in [-0.2, 0) is 6.18 Å². The minimum absolute atomic E-state index is 0.0103. The van der Waals surface area contributed by atoms with E-state index >= 15 is 0 Å². The van der Waals surface area contributed by atoms with Gasteiger partial charge in [0.25, 0.3) is 5.91 Å². The van der Waals surface area contributed by atoms with Crippen LogP contribution in [0.5, 0.6) is 5.75 Å². The number of nitro groups is 1. The number of rotatable bonds is 5. The van der Waals surface area contributed by atoms with Crippen LogP contribution in [0.15, 0.2) is 42.5 Å². The van der Waals surface area contributed by atoms with Crippen molar-refractivity contribution < 1.29 is 27.6 Å². The Morgan fingerprint density at radius 2 is 1.93 bits per heavy atom. The zero-order valence-electron chi connectivity index (χ0n) is 14.4. The number of nitrogens with one attached hydrogen (secondary N) is 2. The number of halogens is 3. The van der Waals surface area contributed by atoms with Crippen LogP contribution < -0.4 is 15.4 Å². The number of nitro benzene ring substituents is 1. The van der Waals surface area contributed by atoms with Crippen LogP contribution in [0.25, 0.3) is 0 Å². The van der Waals surface area contributed by atoms with E-state index in [1.54, 1.807) is 6.92 Å². The number of benzene rings is 2. The molecule has 11 heteroatoms. The van der Waals surface area contributed by atoms with E-state index in [9.17, 15) is 28.1 Å². The van der Waals surface area contributed by atoms with Crippen LogP contribution in [-0.4, -0.2) is 22.5 Å². The molecule has 0 saturated carbocycles. The van der Waals surface area contributed by atoms with Crippen molar-refractivity contribution >= 4 is 34.6 Å². The van der Waals surface area contributed by atoms with E-state index in [0.717, 1.165) is 18.2 Å². The number of thiocarbonyl (C=S) groups is 1. The number of hydrogen-bond acceptors (Lipinski definition) is 5. The first-order valence-corrected chi connectivity index (χ1v) is 8.24. The van der Waals surface area contributed by atoms with Gasteiger partial charge in [-0.25, -0.2) is 0 Å². The summed E-state index contributed by atoms with van der Waals surface area (Å²) in [5, 5.41) is 15.2. The number of hydrogen-bond donors (Lipinski definition) is 2. The lowest BCUT2D eigenvalue weighted by molar-refractivity contribution is -0.385. The van der Waals surface area contributed by atoms with Gasteiger partial charge in [-0.1, -0.05) is 12.1 Å². The Labute approximate surface area is 162 Å². The van der Waals surface area contributed by atoms with Gasteiger partial charge in [-0.15, -0.1) is 0 Å². The van der Waals surface area contributed by atoms with E-state index in [0.29, 0.717) is 0 Å². The minimum atomic E-state index is -4.61. The highest BCUT2D eigenvalue weighted by Gasteiger charge is 2.33. The first-order valence-electron chi connectivity index (χ1n) is 7.83. The van der Waals surface area contributed by atoms with Crippen LogP contribution in [0.2, 0.25) is 0 Å². The number of carbonyl (C=O) groups excluding carboxylic acids is 1. The average Bonchev–Trinajstić information content (AvgIpc) is 2.61. The standard InChI is InChI=1S/C17H14F3N3O4S/c1-2-27-14-8-7-10(9-13(14)23(25)26)15(24)22-16(28)21-12-6-4-3-5-11(12)17(18,19)20/h3-9H,2H2,1H3,(H2,21,22,24,28). The van der Waals surface area contributed by atoms with Crippen molar-refractivity contribution in [2.24, 2.45) is 0 Å². The molecule has 28 heavy (non-hydrogen) atoms. The van der Waals surface area contributed by atoms with Crippen LogP contribution in [0.3, 0.4) is 0 Å². The maximum atomic E-state index is 13.0. The molecule has 1 amide bonds. The van der Waals surface area contributed by atoms with Gasteiger partial charge >= 0.3 is 11.9 Å². The zero-order valence-corrected chi connectivity index (χ0v) is 15.2. The predicted octanol–water partition coefficient (Wildman–Crippen LogP) is 4.14. The highest BCUT2D eigenvalue weighted by Crippen LogP contribution is 2.34. The summed E-state index contributed by atoms with van der Waals surface area (Å²) in [5.74, 6) is -0.836. The molecule has 0 aliphatic heterocycles. The first-order chi connectivity index (χ1) is 13.1. The summed E-state index contributed by atoms with van der Waals surface area (Å²) < 4.78 is 44.1. The van der Waals surface area contributed by atoms with Gasteiger partial charge in [0, 0.05) is 11.6 Å². The summed E-state index contributed by atoms with van der Waals surface area (Å²) >= 11 is 4.88. The van der Waals surface area contributed by atoms with Gasteiger partial charge in [-0.2, -0.15) is 13.2 Å². The minimum Gasteiger partial charge on any atom is -0.487 e. The molecular weight excluding hydrogens is 399 g/mol. The summed E-state index contributed by atoms with van der Waals surface area (Å²) in [7, 11) is 0. The molecule has 0 bridgehead atoms. The molecule has 2 aromatic rings. The van der Waals surface area contributed by atoms with Crippen molar-refractivity contribution in [3.05, 3.63) is 63.7 Å². The van der Waals surface area contributed by atoms with E-state index in [2.05, 4.69) is 10.6 Å². The first kappa shape index (κ1) is 21.1. The molecule has 0 aliphatic carbocycles. The SMILES string of the molecule is CCOc1ccc(C(=O)NC(=S)Nc2ccccc2C(F)(F)F)cc1[N+](=O)[O-]. The predicted molar refractivity (Wildman–Crippen MR) is 99.4 cm³/mol. The zero-order chi connectivity index (χ0) is 20.9. The second kappa shape index (κ2) is 8.65. The van der Waals surface area contributed by atoms with Gasteiger partial charge in [0.15, 0.2) is 10.9 Å². The van der Waals surface area contributed by atoms with Gasteiger partial charge in [0.1, 0.15) is 0 Å². The second-order valence-electron chi connectivity index (χ2n) is 5.32. The fourth-order valence-corrected chi connectivity index (χ4v) is 2.45. The van der Waals surface area contributed by atoms with E-state index in [1.807, 2.05) is 0 Å². The number of ether oxygens (including phenoxy) is 1.